The van der Waals surface area contributed by atoms with Crippen LogP contribution in [0.15, 0.2) is 48.7 Å². The highest BCUT2D eigenvalue weighted by molar-refractivity contribution is 6.00. The molecule has 0 saturated heterocycles. The van der Waals surface area contributed by atoms with Crippen LogP contribution in [-0.2, 0) is 17.5 Å². The summed E-state index contributed by atoms with van der Waals surface area (Å²) in [5.41, 5.74) is 4.64. The van der Waals surface area contributed by atoms with Crippen molar-refractivity contribution in [1.29, 1.82) is 0 Å². The lowest BCUT2D eigenvalue weighted by atomic mass is 10.1. The molecule has 0 saturated carbocycles. The molecule has 0 spiro atoms. The van der Waals surface area contributed by atoms with Gasteiger partial charge in [-0.25, -0.2) is 14.0 Å². The highest BCUT2D eigenvalue weighted by atomic mass is 19.4. The van der Waals surface area contributed by atoms with Crippen LogP contribution in [0.1, 0.15) is 21.6 Å². The molecule has 17 heteroatoms. The summed E-state index contributed by atoms with van der Waals surface area (Å²) in [4.78, 5) is 32.3. The molecular weight excluding hydrogens is 533 g/mol. The smallest absolute Gasteiger partial charge is 0.475 e. The Morgan fingerprint density at radius 2 is 1.61 bits per heavy atom. The topological polar surface area (TPSA) is 162 Å². The Labute approximate surface area is 208 Å². The zero-order chi connectivity index (χ0) is 28.7. The highest BCUT2D eigenvalue weighted by Crippen LogP contribution is 2.33. The van der Waals surface area contributed by atoms with Crippen molar-refractivity contribution in [2.45, 2.75) is 18.9 Å². The van der Waals surface area contributed by atoms with Crippen LogP contribution < -0.4 is 21.7 Å². The summed E-state index contributed by atoms with van der Waals surface area (Å²) in [6.07, 6.45) is -8.58. The van der Waals surface area contributed by atoms with E-state index >= 15 is 0 Å². The second kappa shape index (κ2) is 11.9. The highest BCUT2D eigenvalue weighted by Gasteiger charge is 2.38. The maximum Gasteiger partial charge on any atom is 0.490 e. The Morgan fingerprint density at radius 1 is 0.974 bits per heavy atom. The number of urea groups is 1. The number of alkyl halides is 6. The van der Waals surface area contributed by atoms with Gasteiger partial charge >= 0.3 is 24.4 Å². The Balaban J connectivity index is 0.000000638. The number of anilines is 3. The number of hydrogen-bond donors (Lipinski definition) is 6. The number of amides is 3. The van der Waals surface area contributed by atoms with Crippen molar-refractivity contribution in [3.05, 3.63) is 71.3 Å². The number of carbonyl (C=O) groups excluding carboxylic acids is 2. The van der Waals surface area contributed by atoms with Gasteiger partial charge in [-0.05, 0) is 29.8 Å². The minimum atomic E-state index is -5.08. The van der Waals surface area contributed by atoms with Gasteiger partial charge in [0.2, 0.25) is 0 Å². The molecule has 0 aliphatic rings. The molecule has 3 rings (SSSR count). The number of nitrogens with one attached hydrogen (secondary N) is 4. The molecule has 3 aromatic rings. The molecule has 1 aromatic heterocycles. The van der Waals surface area contributed by atoms with Crippen molar-refractivity contribution >= 4 is 35.0 Å². The van der Waals surface area contributed by atoms with Crippen LogP contribution in [0.4, 0.5) is 52.6 Å². The standard InChI is InChI=1S/C19H16F4N6O2.C2HF3O2/c20-15-12(19(21,22)23)5-2-6-13(15)28-18(31)27-11-4-1-3-10(7-11)8-25-14-9-26-29-16(14)17(24)30;3-2(4,5)1(6)7/h1-7,9,25H,8H2,(H2,24,30)(H,26,29)(H2,27,28,31);(H,6,7). The molecule has 38 heavy (non-hydrogen) atoms. The second-order valence-corrected chi connectivity index (χ2v) is 7.12. The molecule has 2 aromatic carbocycles. The molecule has 0 aliphatic heterocycles. The first-order valence-electron chi connectivity index (χ1n) is 9.99. The molecule has 3 amide bonds. The first kappa shape index (κ1) is 29.4. The molecule has 0 atom stereocenters. The molecular formula is C21H17F7N6O4. The van der Waals surface area contributed by atoms with E-state index in [0.29, 0.717) is 23.0 Å². The lowest BCUT2D eigenvalue weighted by Crippen LogP contribution is -2.21. The van der Waals surface area contributed by atoms with Crippen LogP contribution in [0.2, 0.25) is 0 Å². The van der Waals surface area contributed by atoms with Gasteiger partial charge in [-0.2, -0.15) is 31.4 Å². The SMILES string of the molecule is NC(=O)c1[nH]ncc1NCc1cccc(NC(=O)Nc2cccc(C(F)(F)F)c2F)c1.O=C(O)C(F)(F)F. The van der Waals surface area contributed by atoms with Gasteiger partial charge in [0.25, 0.3) is 5.91 Å². The van der Waals surface area contributed by atoms with Gasteiger partial charge in [0.1, 0.15) is 5.69 Å². The average molecular weight is 550 g/mol. The van der Waals surface area contributed by atoms with E-state index in [1.54, 1.807) is 18.2 Å². The minimum Gasteiger partial charge on any atom is -0.475 e. The van der Waals surface area contributed by atoms with Crippen LogP contribution in [0, 0.1) is 5.82 Å². The number of carboxylic acid groups (broad SMARTS) is 1. The number of aromatic nitrogens is 2. The summed E-state index contributed by atoms with van der Waals surface area (Å²) >= 11 is 0. The fourth-order valence-electron chi connectivity index (χ4n) is 2.70. The van der Waals surface area contributed by atoms with E-state index in [-0.39, 0.29) is 12.2 Å². The number of hydrogen-bond acceptors (Lipinski definition) is 5. The molecule has 10 nitrogen and oxygen atoms in total. The predicted octanol–water partition coefficient (Wildman–Crippen LogP) is 4.56. The first-order chi connectivity index (χ1) is 17.6. The molecule has 204 valence electrons. The van der Waals surface area contributed by atoms with Gasteiger partial charge in [-0.3, -0.25) is 9.89 Å². The van der Waals surface area contributed by atoms with Crippen LogP contribution in [-0.4, -0.2) is 39.4 Å². The first-order valence-corrected chi connectivity index (χ1v) is 9.99. The van der Waals surface area contributed by atoms with Crippen molar-refractivity contribution in [1.82, 2.24) is 10.2 Å². The lowest BCUT2D eigenvalue weighted by Gasteiger charge is -2.13. The van der Waals surface area contributed by atoms with Gasteiger partial charge < -0.3 is 26.8 Å². The predicted molar refractivity (Wildman–Crippen MR) is 119 cm³/mol. The number of carbonyl (C=O) groups is 3. The van der Waals surface area contributed by atoms with E-state index in [2.05, 4.69) is 26.1 Å². The van der Waals surface area contributed by atoms with Crippen LogP contribution in [0.25, 0.3) is 0 Å². The average Bonchev–Trinajstić information content (AvgIpc) is 3.27. The third-order valence-corrected chi connectivity index (χ3v) is 4.35. The van der Waals surface area contributed by atoms with Crippen molar-refractivity contribution in [2.75, 3.05) is 16.0 Å². The van der Waals surface area contributed by atoms with Gasteiger partial charge in [0.05, 0.1) is 23.1 Å². The number of aliphatic carboxylic acids is 1. The molecule has 0 fully saturated rings. The number of nitrogens with zero attached hydrogens (tertiary/aromatic N) is 1. The van der Waals surface area contributed by atoms with E-state index in [9.17, 15) is 40.3 Å². The van der Waals surface area contributed by atoms with Crippen LogP contribution in [0.3, 0.4) is 0 Å². The van der Waals surface area contributed by atoms with Crippen molar-refractivity contribution < 1.29 is 50.2 Å². The van der Waals surface area contributed by atoms with E-state index in [0.717, 1.165) is 12.1 Å². The fourth-order valence-corrected chi connectivity index (χ4v) is 2.70. The molecule has 0 unspecified atom stereocenters. The number of aromatic amines is 1. The number of carboxylic acids is 1. The fraction of sp³-hybridized carbons (Fsp3) is 0.143. The largest absolute Gasteiger partial charge is 0.490 e. The summed E-state index contributed by atoms with van der Waals surface area (Å²) in [7, 11) is 0. The van der Waals surface area contributed by atoms with Crippen LogP contribution >= 0.6 is 0 Å². The van der Waals surface area contributed by atoms with Gasteiger partial charge in [-0.1, -0.05) is 18.2 Å². The van der Waals surface area contributed by atoms with Crippen molar-refractivity contribution in [2.24, 2.45) is 5.73 Å². The second-order valence-electron chi connectivity index (χ2n) is 7.12. The normalized spacial score (nSPS) is 11.1. The molecule has 0 radical (unpaired) electrons. The Hall–Kier alpha value is -4.83. The molecule has 1 heterocycles. The van der Waals surface area contributed by atoms with Crippen LogP contribution in [0.5, 0.6) is 0 Å². The Bertz CT molecular complexity index is 1310. The Morgan fingerprint density at radius 3 is 2.18 bits per heavy atom. The Kier molecular flexibility index (Phi) is 9.24. The van der Waals surface area contributed by atoms with E-state index in [1.807, 2.05) is 0 Å². The summed E-state index contributed by atoms with van der Waals surface area (Å²) in [5, 5.41) is 20.8. The van der Waals surface area contributed by atoms with E-state index in [1.165, 1.54) is 12.3 Å². The third kappa shape index (κ3) is 8.38. The lowest BCUT2D eigenvalue weighted by molar-refractivity contribution is -0.192. The monoisotopic (exact) mass is 550 g/mol. The molecule has 0 aliphatic carbocycles. The number of H-pyrrole nitrogens is 1. The van der Waals surface area contributed by atoms with Gasteiger partial charge in [0.15, 0.2) is 5.82 Å². The maximum absolute atomic E-state index is 14.0. The summed E-state index contributed by atoms with van der Waals surface area (Å²) in [5.74, 6) is -5.02. The third-order valence-electron chi connectivity index (χ3n) is 4.35. The number of rotatable bonds is 6. The maximum atomic E-state index is 14.0. The number of nitrogens with two attached hydrogens (primary N) is 1. The van der Waals surface area contributed by atoms with E-state index in [4.69, 9.17) is 15.6 Å². The number of halogens is 7. The summed E-state index contributed by atoms with van der Waals surface area (Å²) < 4.78 is 84.2. The van der Waals surface area contributed by atoms with E-state index < -0.39 is 47.3 Å². The summed E-state index contributed by atoms with van der Waals surface area (Å²) in [6.45, 7) is 0.249. The number of benzene rings is 2. The minimum absolute atomic E-state index is 0.108. The van der Waals surface area contributed by atoms with Gasteiger partial charge in [0, 0.05) is 12.2 Å². The molecule has 0 bridgehead atoms. The van der Waals surface area contributed by atoms with Crippen molar-refractivity contribution in [3.8, 4) is 0 Å². The number of primary amides is 1. The quantitative estimate of drug-likeness (QED) is 0.247. The zero-order valence-electron chi connectivity index (χ0n) is 18.7. The molecule has 7 N–H and O–H groups in total. The zero-order valence-corrected chi connectivity index (χ0v) is 18.7. The summed E-state index contributed by atoms with van der Waals surface area (Å²) in [6, 6.07) is 8.15. The van der Waals surface area contributed by atoms with Gasteiger partial charge in [-0.15, -0.1) is 0 Å². The van der Waals surface area contributed by atoms with Crippen molar-refractivity contribution in [3.63, 3.8) is 0 Å².